The molecule has 0 unspecified atom stereocenters. The molecule has 2 N–H and O–H groups in total. The first-order valence-electron chi connectivity index (χ1n) is 6.52. The molecule has 0 spiro atoms. The van der Waals surface area contributed by atoms with Crippen LogP contribution in [0.25, 0.3) is 0 Å². The molecule has 5 heteroatoms. The maximum atomic E-state index is 11.9. The fraction of sp³-hybridized carbons (Fsp3) is 0.500. The summed E-state index contributed by atoms with van der Waals surface area (Å²) in [6, 6.07) is 5.10. The first kappa shape index (κ1) is 12.8. The van der Waals surface area contributed by atoms with Crippen LogP contribution in [-0.2, 0) is 16.0 Å². The molecule has 102 valence electrons. The quantitative estimate of drug-likeness (QED) is 0.889. The van der Waals surface area contributed by atoms with Crippen LogP contribution >= 0.6 is 11.6 Å². The maximum absolute atomic E-state index is 11.9. The van der Waals surface area contributed by atoms with Crippen LogP contribution < -0.4 is 5.32 Å². The average Bonchev–Trinajstić information content (AvgIpc) is 2.72. The molecular formula is C14H16ClNO3. The third-order valence-electron chi connectivity index (χ3n) is 3.99. The lowest BCUT2D eigenvalue weighted by atomic mass is 9.76. The monoisotopic (exact) mass is 281 g/mol. The highest BCUT2D eigenvalue weighted by Gasteiger charge is 2.45. The molecular weight excluding hydrogens is 266 g/mol. The van der Waals surface area contributed by atoms with Gasteiger partial charge in [-0.2, -0.15) is 0 Å². The molecule has 0 radical (unpaired) electrons. The van der Waals surface area contributed by atoms with Gasteiger partial charge < -0.3 is 15.2 Å². The Bertz CT molecular complexity index is 505. The van der Waals surface area contributed by atoms with Crippen molar-refractivity contribution in [2.24, 2.45) is 5.92 Å². The Kier molecular flexibility index (Phi) is 3.37. The Morgan fingerprint density at radius 3 is 3.11 bits per heavy atom. The molecule has 3 rings (SSSR count). The lowest BCUT2D eigenvalue weighted by Gasteiger charge is -2.39. The van der Waals surface area contributed by atoms with Crippen molar-refractivity contribution in [3.05, 3.63) is 28.8 Å². The molecule has 2 fully saturated rings. The van der Waals surface area contributed by atoms with E-state index in [1.807, 2.05) is 0 Å². The number of amides is 1. The summed E-state index contributed by atoms with van der Waals surface area (Å²) in [4.78, 5) is 11.9. The Morgan fingerprint density at radius 1 is 1.53 bits per heavy atom. The van der Waals surface area contributed by atoms with Crippen LogP contribution in [-0.4, -0.2) is 29.8 Å². The second-order valence-electron chi connectivity index (χ2n) is 5.23. The van der Waals surface area contributed by atoms with Crippen LogP contribution in [0.4, 0.5) is 0 Å². The molecule has 19 heavy (non-hydrogen) atoms. The van der Waals surface area contributed by atoms with Crippen molar-refractivity contribution in [3.8, 4) is 5.75 Å². The van der Waals surface area contributed by atoms with E-state index in [0.29, 0.717) is 12.0 Å². The molecule has 3 atom stereocenters. The fourth-order valence-corrected chi connectivity index (χ4v) is 3.07. The third kappa shape index (κ3) is 2.55. The predicted molar refractivity (Wildman–Crippen MR) is 71.2 cm³/mol. The van der Waals surface area contributed by atoms with E-state index in [1.54, 1.807) is 12.1 Å². The van der Waals surface area contributed by atoms with Gasteiger partial charge in [0.15, 0.2) is 0 Å². The van der Waals surface area contributed by atoms with Crippen LogP contribution in [0.15, 0.2) is 18.2 Å². The van der Waals surface area contributed by atoms with E-state index >= 15 is 0 Å². The molecule has 1 heterocycles. The van der Waals surface area contributed by atoms with E-state index in [0.717, 1.165) is 25.0 Å². The van der Waals surface area contributed by atoms with Crippen LogP contribution in [0, 0.1) is 5.92 Å². The smallest absolute Gasteiger partial charge is 0.224 e. The highest BCUT2D eigenvalue weighted by atomic mass is 35.5. The van der Waals surface area contributed by atoms with E-state index in [1.165, 1.54) is 6.07 Å². The van der Waals surface area contributed by atoms with Gasteiger partial charge in [0.25, 0.3) is 0 Å². The summed E-state index contributed by atoms with van der Waals surface area (Å²) in [5, 5.41) is 12.6. The predicted octanol–water partition coefficient (Wildman–Crippen LogP) is 1.88. The Morgan fingerprint density at radius 2 is 2.37 bits per heavy atom. The van der Waals surface area contributed by atoms with E-state index in [-0.39, 0.29) is 29.1 Å². The van der Waals surface area contributed by atoms with E-state index in [2.05, 4.69) is 5.32 Å². The molecule has 1 amide bonds. The molecule has 1 aliphatic heterocycles. The minimum absolute atomic E-state index is 0.00268. The molecule has 0 bridgehead atoms. The minimum Gasteiger partial charge on any atom is -0.506 e. The second-order valence-corrected chi connectivity index (χ2v) is 5.64. The summed E-state index contributed by atoms with van der Waals surface area (Å²) >= 11 is 5.82. The Labute approximate surface area is 116 Å². The third-order valence-corrected chi connectivity index (χ3v) is 4.29. The number of ether oxygens (including phenoxy) is 1. The van der Waals surface area contributed by atoms with Gasteiger partial charge in [-0.15, -0.1) is 0 Å². The maximum Gasteiger partial charge on any atom is 0.224 e. The number of rotatable bonds is 3. The van der Waals surface area contributed by atoms with Gasteiger partial charge in [-0.25, -0.2) is 0 Å². The number of phenols is 1. The summed E-state index contributed by atoms with van der Waals surface area (Å²) < 4.78 is 5.51. The van der Waals surface area contributed by atoms with Gasteiger partial charge in [0, 0.05) is 18.6 Å². The summed E-state index contributed by atoms with van der Waals surface area (Å²) in [6.45, 7) is 0.815. The highest BCUT2D eigenvalue weighted by Crippen LogP contribution is 2.38. The summed E-state index contributed by atoms with van der Waals surface area (Å²) in [6.07, 6.45) is 2.61. The van der Waals surface area contributed by atoms with Crippen molar-refractivity contribution in [2.45, 2.75) is 31.4 Å². The van der Waals surface area contributed by atoms with Crippen molar-refractivity contribution in [1.29, 1.82) is 0 Å². The van der Waals surface area contributed by atoms with Gasteiger partial charge in [-0.1, -0.05) is 17.7 Å². The van der Waals surface area contributed by atoms with Crippen molar-refractivity contribution in [1.82, 2.24) is 5.32 Å². The van der Waals surface area contributed by atoms with Crippen LogP contribution in [0.3, 0.4) is 0 Å². The van der Waals surface area contributed by atoms with E-state index in [4.69, 9.17) is 16.3 Å². The number of hydrogen-bond donors (Lipinski definition) is 2. The number of halogens is 1. The lowest BCUT2D eigenvalue weighted by molar-refractivity contribution is -0.123. The number of benzene rings is 1. The molecule has 1 saturated heterocycles. The zero-order valence-corrected chi connectivity index (χ0v) is 11.2. The molecule has 4 nitrogen and oxygen atoms in total. The topological polar surface area (TPSA) is 58.6 Å². The number of hydrogen-bond acceptors (Lipinski definition) is 3. The van der Waals surface area contributed by atoms with Crippen molar-refractivity contribution >= 4 is 17.5 Å². The van der Waals surface area contributed by atoms with E-state index < -0.39 is 0 Å². The lowest BCUT2D eigenvalue weighted by Crippen LogP contribution is -2.53. The summed E-state index contributed by atoms with van der Waals surface area (Å²) in [7, 11) is 0. The van der Waals surface area contributed by atoms with Crippen LogP contribution in [0.1, 0.15) is 18.4 Å². The van der Waals surface area contributed by atoms with Crippen LogP contribution in [0.2, 0.25) is 5.02 Å². The number of nitrogens with one attached hydrogen (secondary N) is 1. The molecule has 0 aromatic heterocycles. The zero-order chi connectivity index (χ0) is 13.4. The molecule has 1 aromatic rings. The minimum atomic E-state index is -0.00268. The van der Waals surface area contributed by atoms with Gasteiger partial charge in [0.1, 0.15) is 5.75 Å². The van der Waals surface area contributed by atoms with Gasteiger partial charge in [0.05, 0.1) is 17.5 Å². The van der Waals surface area contributed by atoms with Crippen molar-refractivity contribution < 1.29 is 14.6 Å². The number of fused-ring (bicyclic) bond motifs is 1. The standard InChI is InChI=1S/C14H16ClNO3/c15-10-5-8(1-2-12(10)17)6-14(18)16-11-7-13-9(11)3-4-19-13/h1-2,5,9,11,13,17H,3-4,6-7H2,(H,16,18)/t9-,11+,13+/m0/s1. The molecule has 2 aliphatic rings. The van der Waals surface area contributed by atoms with Gasteiger partial charge in [-0.3, -0.25) is 4.79 Å². The van der Waals surface area contributed by atoms with E-state index in [9.17, 15) is 9.90 Å². The number of carbonyl (C=O) groups excluding carboxylic acids is 1. The SMILES string of the molecule is O=C(Cc1ccc(O)c(Cl)c1)N[C@@H]1C[C@H]2OCC[C@@H]12. The van der Waals surface area contributed by atoms with Gasteiger partial charge in [0.2, 0.25) is 5.91 Å². The zero-order valence-electron chi connectivity index (χ0n) is 10.4. The summed E-state index contributed by atoms with van der Waals surface area (Å²) in [5.74, 6) is 0.528. The van der Waals surface area contributed by atoms with Crippen molar-refractivity contribution in [3.63, 3.8) is 0 Å². The highest BCUT2D eigenvalue weighted by molar-refractivity contribution is 6.32. The normalized spacial score (nSPS) is 28.6. The van der Waals surface area contributed by atoms with Crippen LogP contribution in [0.5, 0.6) is 5.75 Å². The fourth-order valence-electron chi connectivity index (χ4n) is 2.87. The number of carbonyl (C=O) groups is 1. The Balaban J connectivity index is 1.55. The van der Waals surface area contributed by atoms with Gasteiger partial charge in [-0.05, 0) is 30.5 Å². The number of aromatic hydroxyl groups is 1. The summed E-state index contributed by atoms with van der Waals surface area (Å²) in [5.41, 5.74) is 0.804. The number of phenolic OH excluding ortho intramolecular Hbond substituents is 1. The first-order chi connectivity index (χ1) is 9.13. The largest absolute Gasteiger partial charge is 0.506 e. The second kappa shape index (κ2) is 5.02. The van der Waals surface area contributed by atoms with Crippen molar-refractivity contribution in [2.75, 3.05) is 6.61 Å². The first-order valence-corrected chi connectivity index (χ1v) is 6.89. The van der Waals surface area contributed by atoms with Gasteiger partial charge >= 0.3 is 0 Å². The molecule has 1 aliphatic carbocycles. The molecule has 1 aromatic carbocycles. The molecule has 1 saturated carbocycles. The average molecular weight is 282 g/mol. The Hall–Kier alpha value is -1.26.